The van der Waals surface area contributed by atoms with Crippen LogP contribution in [0.2, 0.25) is 0 Å². The van der Waals surface area contributed by atoms with Crippen LogP contribution < -0.4 is 5.43 Å². The fourth-order valence-electron chi connectivity index (χ4n) is 1.58. The largest absolute Gasteiger partial charge is 0.264 e. The van der Waals surface area contributed by atoms with Crippen molar-refractivity contribution in [2.45, 2.75) is 6.92 Å². The van der Waals surface area contributed by atoms with Crippen LogP contribution in [0.25, 0.3) is 5.65 Å². The van der Waals surface area contributed by atoms with Gasteiger partial charge in [-0.15, -0.1) is 15.3 Å². The number of hydrazone groups is 1. The van der Waals surface area contributed by atoms with E-state index in [1.807, 2.05) is 25.1 Å². The number of fused-ring (bicyclic) bond motifs is 1. The number of rotatable bonds is 3. The lowest BCUT2D eigenvalue weighted by Crippen LogP contribution is -2.00. The average molecular weight is 253 g/mol. The van der Waals surface area contributed by atoms with Crippen LogP contribution in [-0.2, 0) is 0 Å². The van der Waals surface area contributed by atoms with Gasteiger partial charge < -0.3 is 0 Å². The summed E-state index contributed by atoms with van der Waals surface area (Å²) in [5.74, 6) is 1.35. The summed E-state index contributed by atoms with van der Waals surface area (Å²) >= 11 is 0. The normalized spacial score (nSPS) is 11.2. The topological polar surface area (TPSA) is 80.4 Å². The number of aryl methyl sites for hydroxylation is 1. The highest BCUT2D eigenvalue weighted by Gasteiger charge is 2.02. The smallest absolute Gasteiger partial charge is 0.178 e. The van der Waals surface area contributed by atoms with Crippen molar-refractivity contribution in [2.75, 3.05) is 5.43 Å². The van der Waals surface area contributed by atoms with E-state index >= 15 is 0 Å². The van der Waals surface area contributed by atoms with Crippen LogP contribution in [0, 0.1) is 6.92 Å². The molecule has 7 nitrogen and oxygen atoms in total. The summed E-state index contributed by atoms with van der Waals surface area (Å²) in [5, 5.41) is 16.3. The minimum Gasteiger partial charge on any atom is -0.264 e. The molecule has 0 aromatic carbocycles. The van der Waals surface area contributed by atoms with Gasteiger partial charge in [0, 0.05) is 18.0 Å². The van der Waals surface area contributed by atoms with E-state index in [4.69, 9.17) is 0 Å². The van der Waals surface area contributed by atoms with Crippen LogP contribution in [0.5, 0.6) is 0 Å². The minimum absolute atomic E-state index is 0.621. The van der Waals surface area contributed by atoms with Crippen LogP contribution in [0.4, 0.5) is 5.82 Å². The van der Waals surface area contributed by atoms with Gasteiger partial charge in [0.25, 0.3) is 0 Å². The molecule has 0 aliphatic heterocycles. The highest BCUT2D eigenvalue weighted by atomic mass is 15.4. The lowest BCUT2D eigenvalue weighted by atomic mass is 10.3. The Labute approximate surface area is 109 Å². The zero-order chi connectivity index (χ0) is 13.1. The van der Waals surface area contributed by atoms with E-state index in [0.29, 0.717) is 11.5 Å². The van der Waals surface area contributed by atoms with Gasteiger partial charge in [0.15, 0.2) is 17.3 Å². The summed E-state index contributed by atoms with van der Waals surface area (Å²) < 4.78 is 1.65. The molecule has 3 aromatic heterocycles. The van der Waals surface area contributed by atoms with E-state index < -0.39 is 0 Å². The maximum atomic E-state index is 4.32. The number of anilines is 1. The van der Waals surface area contributed by atoms with Crippen molar-refractivity contribution in [1.29, 1.82) is 0 Å². The summed E-state index contributed by atoms with van der Waals surface area (Å²) in [6.45, 7) is 1.84. The Bertz CT molecular complexity index is 717. The Balaban J connectivity index is 1.78. The molecule has 0 radical (unpaired) electrons. The van der Waals surface area contributed by atoms with Gasteiger partial charge >= 0.3 is 0 Å². The van der Waals surface area contributed by atoms with Crippen molar-refractivity contribution >= 4 is 17.7 Å². The second-order valence-corrected chi connectivity index (χ2v) is 3.89. The standard InChI is InChI=1S/C12H11N7/c1-9-15-17-12-5-4-11(18-19(9)12)16-14-8-10-3-2-6-13-7-10/h2-8H,1H3,(H,16,18). The maximum absolute atomic E-state index is 4.32. The predicted molar refractivity (Wildman–Crippen MR) is 71.0 cm³/mol. The third-order valence-electron chi connectivity index (χ3n) is 2.50. The van der Waals surface area contributed by atoms with Crippen molar-refractivity contribution in [3.05, 3.63) is 48.0 Å². The van der Waals surface area contributed by atoms with Gasteiger partial charge in [-0.3, -0.25) is 10.4 Å². The van der Waals surface area contributed by atoms with E-state index in [0.717, 1.165) is 11.4 Å². The van der Waals surface area contributed by atoms with E-state index in [1.165, 1.54) is 0 Å². The lowest BCUT2D eigenvalue weighted by molar-refractivity contribution is 0.875. The molecule has 0 spiro atoms. The summed E-state index contributed by atoms with van der Waals surface area (Å²) in [4.78, 5) is 4.00. The number of hydrogen-bond donors (Lipinski definition) is 1. The molecule has 0 aliphatic rings. The zero-order valence-electron chi connectivity index (χ0n) is 10.2. The summed E-state index contributed by atoms with van der Waals surface area (Å²) in [5.41, 5.74) is 4.48. The molecule has 0 fully saturated rings. The first-order chi connectivity index (χ1) is 9.33. The number of nitrogens with one attached hydrogen (secondary N) is 1. The van der Waals surface area contributed by atoms with Crippen LogP contribution in [-0.4, -0.2) is 31.0 Å². The van der Waals surface area contributed by atoms with Gasteiger partial charge in [-0.05, 0) is 25.1 Å². The monoisotopic (exact) mass is 253 g/mol. The Hall–Kier alpha value is -2.83. The molecule has 19 heavy (non-hydrogen) atoms. The van der Waals surface area contributed by atoms with E-state index in [-0.39, 0.29) is 0 Å². The molecule has 0 saturated carbocycles. The van der Waals surface area contributed by atoms with E-state index in [9.17, 15) is 0 Å². The third kappa shape index (κ3) is 2.39. The molecular weight excluding hydrogens is 242 g/mol. The first-order valence-corrected chi connectivity index (χ1v) is 5.71. The van der Waals surface area contributed by atoms with Gasteiger partial charge in [0.2, 0.25) is 0 Å². The maximum Gasteiger partial charge on any atom is 0.178 e. The second kappa shape index (κ2) is 4.81. The second-order valence-electron chi connectivity index (χ2n) is 3.89. The highest BCUT2D eigenvalue weighted by Crippen LogP contribution is 2.06. The molecule has 3 rings (SSSR count). The molecule has 0 atom stereocenters. The van der Waals surface area contributed by atoms with Crippen molar-refractivity contribution in [3.8, 4) is 0 Å². The Morgan fingerprint density at radius 2 is 2.21 bits per heavy atom. The molecule has 1 N–H and O–H groups in total. The van der Waals surface area contributed by atoms with Crippen molar-refractivity contribution in [3.63, 3.8) is 0 Å². The van der Waals surface area contributed by atoms with Crippen molar-refractivity contribution in [2.24, 2.45) is 5.10 Å². The molecule has 3 aromatic rings. The van der Waals surface area contributed by atoms with Gasteiger partial charge in [-0.1, -0.05) is 6.07 Å². The molecular formula is C12H11N7. The first-order valence-electron chi connectivity index (χ1n) is 5.71. The Morgan fingerprint density at radius 3 is 3.05 bits per heavy atom. The molecule has 0 unspecified atom stereocenters. The number of hydrogen-bond acceptors (Lipinski definition) is 6. The van der Waals surface area contributed by atoms with Crippen molar-refractivity contribution in [1.82, 2.24) is 24.8 Å². The Kier molecular flexibility index (Phi) is 2.85. The van der Waals surface area contributed by atoms with Crippen LogP contribution >= 0.6 is 0 Å². The van der Waals surface area contributed by atoms with E-state index in [1.54, 1.807) is 29.2 Å². The predicted octanol–water partition coefficient (Wildman–Crippen LogP) is 1.27. The quantitative estimate of drug-likeness (QED) is 0.561. The van der Waals surface area contributed by atoms with Crippen LogP contribution in [0.3, 0.4) is 0 Å². The molecule has 3 heterocycles. The van der Waals surface area contributed by atoms with Gasteiger partial charge in [-0.2, -0.15) is 9.62 Å². The summed E-state index contributed by atoms with van der Waals surface area (Å²) in [7, 11) is 0. The molecule has 0 bridgehead atoms. The van der Waals surface area contributed by atoms with Gasteiger partial charge in [0.05, 0.1) is 6.21 Å². The zero-order valence-corrected chi connectivity index (χ0v) is 10.2. The minimum atomic E-state index is 0.621. The van der Waals surface area contributed by atoms with Crippen LogP contribution in [0.1, 0.15) is 11.4 Å². The molecule has 0 amide bonds. The van der Waals surface area contributed by atoms with Crippen LogP contribution in [0.15, 0.2) is 41.8 Å². The van der Waals surface area contributed by atoms with E-state index in [2.05, 4.69) is 30.8 Å². The highest BCUT2D eigenvalue weighted by molar-refractivity contribution is 5.79. The molecule has 0 aliphatic carbocycles. The molecule has 94 valence electrons. The Morgan fingerprint density at radius 1 is 1.26 bits per heavy atom. The summed E-state index contributed by atoms with van der Waals surface area (Å²) in [6, 6.07) is 7.39. The van der Waals surface area contributed by atoms with Crippen molar-refractivity contribution < 1.29 is 0 Å². The SMILES string of the molecule is Cc1nnc2ccc(NN=Cc3cccnc3)nn12. The first kappa shape index (κ1) is 11.3. The van der Waals surface area contributed by atoms with Gasteiger partial charge in [-0.25, -0.2) is 0 Å². The lowest BCUT2D eigenvalue weighted by Gasteiger charge is -2.00. The fraction of sp³-hybridized carbons (Fsp3) is 0.0833. The van der Waals surface area contributed by atoms with Gasteiger partial charge in [0.1, 0.15) is 0 Å². The third-order valence-corrected chi connectivity index (χ3v) is 2.50. The number of nitrogens with zero attached hydrogens (tertiary/aromatic N) is 6. The number of pyridine rings is 1. The molecule has 0 saturated heterocycles. The number of aromatic nitrogens is 5. The fourth-order valence-corrected chi connectivity index (χ4v) is 1.58. The average Bonchev–Trinajstić information content (AvgIpc) is 2.82. The summed E-state index contributed by atoms with van der Waals surface area (Å²) in [6.07, 6.45) is 5.12. The molecule has 7 heteroatoms.